The highest BCUT2D eigenvalue weighted by atomic mass is 15.2. The summed E-state index contributed by atoms with van der Waals surface area (Å²) in [6, 6.07) is 0. The molecule has 1 N–H and O–H groups in total. The first-order valence-corrected chi connectivity index (χ1v) is 3.71. The lowest BCUT2D eigenvalue weighted by atomic mass is 10.3. The van der Waals surface area contributed by atoms with Gasteiger partial charge in [-0.1, -0.05) is 20.8 Å². The van der Waals surface area contributed by atoms with Crippen LogP contribution in [-0.4, -0.2) is 24.2 Å². The molecule has 1 unspecified atom stereocenters. The van der Waals surface area contributed by atoms with Crippen molar-refractivity contribution in [2.75, 3.05) is 13.1 Å². The van der Waals surface area contributed by atoms with Crippen LogP contribution in [0.5, 0.6) is 0 Å². The van der Waals surface area contributed by atoms with Crippen molar-refractivity contribution >= 4 is 0 Å². The van der Waals surface area contributed by atoms with Gasteiger partial charge in [0.2, 0.25) is 0 Å². The van der Waals surface area contributed by atoms with Crippen LogP contribution in [0.1, 0.15) is 27.2 Å². The van der Waals surface area contributed by atoms with Gasteiger partial charge in [0.25, 0.3) is 0 Å². The third-order valence-corrected chi connectivity index (χ3v) is 1.64. The number of hydrogen-bond acceptors (Lipinski definition) is 1. The maximum atomic E-state index is 7.50. The molecule has 0 heterocycles. The molecule has 0 amide bonds. The summed E-state index contributed by atoms with van der Waals surface area (Å²) in [4.78, 5) is 2.14. The van der Waals surface area contributed by atoms with E-state index in [1.54, 1.807) is 0 Å². The molecular formula is C7H17N2. The van der Waals surface area contributed by atoms with Crippen LogP contribution in [0.15, 0.2) is 0 Å². The highest BCUT2D eigenvalue weighted by Crippen LogP contribution is 1.96. The summed E-state index contributed by atoms with van der Waals surface area (Å²) in [7, 11) is 0. The molecule has 0 fully saturated rings. The normalized spacial score (nSPS) is 14.3. The molecule has 0 saturated carbocycles. The molecule has 0 aromatic rings. The first kappa shape index (κ1) is 8.92. The summed E-state index contributed by atoms with van der Waals surface area (Å²) < 4.78 is 0. The SMILES string of the molecule is CCC([NH])N(CC)CC. The van der Waals surface area contributed by atoms with E-state index in [0.717, 1.165) is 19.5 Å². The van der Waals surface area contributed by atoms with E-state index in [1.165, 1.54) is 0 Å². The van der Waals surface area contributed by atoms with Crippen molar-refractivity contribution < 1.29 is 0 Å². The zero-order valence-corrected chi connectivity index (χ0v) is 6.65. The molecule has 1 radical (unpaired) electrons. The van der Waals surface area contributed by atoms with Crippen molar-refractivity contribution in [3.05, 3.63) is 0 Å². The molecule has 2 nitrogen and oxygen atoms in total. The quantitative estimate of drug-likeness (QED) is 0.563. The van der Waals surface area contributed by atoms with Gasteiger partial charge < -0.3 is 0 Å². The molecule has 0 spiro atoms. The maximum absolute atomic E-state index is 7.50. The Balaban J connectivity index is 3.50. The first-order chi connectivity index (χ1) is 4.26. The standard InChI is InChI=1S/C7H17N2/c1-4-7(8)9(5-2)6-3/h7-8H,4-6H2,1-3H3. The Bertz CT molecular complexity index is 59.9. The smallest absolute Gasteiger partial charge is 0.0726 e. The van der Waals surface area contributed by atoms with Crippen LogP contribution in [0.2, 0.25) is 0 Å². The second-order valence-electron chi connectivity index (χ2n) is 2.15. The molecule has 0 bridgehead atoms. The molecule has 0 aliphatic carbocycles. The van der Waals surface area contributed by atoms with Crippen molar-refractivity contribution in [1.82, 2.24) is 10.6 Å². The highest BCUT2D eigenvalue weighted by Gasteiger charge is 2.06. The predicted octanol–water partition coefficient (Wildman–Crippen LogP) is 1.35. The van der Waals surface area contributed by atoms with Crippen molar-refractivity contribution in [1.29, 1.82) is 0 Å². The van der Waals surface area contributed by atoms with Crippen LogP contribution in [0.25, 0.3) is 0 Å². The zero-order chi connectivity index (χ0) is 7.28. The lowest BCUT2D eigenvalue weighted by molar-refractivity contribution is 0.209. The summed E-state index contributed by atoms with van der Waals surface area (Å²) in [6.07, 6.45) is 0.946. The Kier molecular flexibility index (Phi) is 4.72. The largest absolute Gasteiger partial charge is 0.288 e. The van der Waals surface area contributed by atoms with Crippen LogP contribution in [-0.2, 0) is 0 Å². The van der Waals surface area contributed by atoms with Gasteiger partial charge in [-0.25, -0.2) is 5.73 Å². The summed E-state index contributed by atoms with van der Waals surface area (Å²) in [5.41, 5.74) is 7.50. The second-order valence-corrected chi connectivity index (χ2v) is 2.15. The molecule has 0 aliphatic rings. The Labute approximate surface area is 58.0 Å². The van der Waals surface area contributed by atoms with Crippen LogP contribution >= 0.6 is 0 Å². The van der Waals surface area contributed by atoms with E-state index < -0.39 is 0 Å². The fourth-order valence-electron chi connectivity index (χ4n) is 0.923. The molecule has 1 atom stereocenters. The monoisotopic (exact) mass is 129 g/mol. The van der Waals surface area contributed by atoms with Gasteiger partial charge in [0.15, 0.2) is 0 Å². The maximum Gasteiger partial charge on any atom is 0.0726 e. The van der Waals surface area contributed by atoms with Gasteiger partial charge in [-0.15, -0.1) is 0 Å². The van der Waals surface area contributed by atoms with Crippen molar-refractivity contribution in [3.63, 3.8) is 0 Å². The molecule has 9 heavy (non-hydrogen) atoms. The minimum atomic E-state index is 0.0139. The average Bonchev–Trinajstić information content (AvgIpc) is 1.90. The molecule has 0 aromatic carbocycles. The van der Waals surface area contributed by atoms with Gasteiger partial charge in [0.1, 0.15) is 0 Å². The van der Waals surface area contributed by atoms with Gasteiger partial charge in [-0.2, -0.15) is 0 Å². The van der Waals surface area contributed by atoms with Gasteiger partial charge in [-0.3, -0.25) is 4.90 Å². The summed E-state index contributed by atoms with van der Waals surface area (Å²) in [6.45, 7) is 8.24. The molecule has 55 valence electrons. The number of nitrogens with zero attached hydrogens (tertiary/aromatic N) is 1. The average molecular weight is 129 g/mol. The lowest BCUT2D eigenvalue weighted by Crippen LogP contribution is -2.35. The van der Waals surface area contributed by atoms with E-state index >= 15 is 0 Å². The van der Waals surface area contributed by atoms with Gasteiger partial charge >= 0.3 is 0 Å². The van der Waals surface area contributed by atoms with Crippen molar-refractivity contribution in [2.45, 2.75) is 33.4 Å². The van der Waals surface area contributed by atoms with E-state index in [1.807, 2.05) is 0 Å². The van der Waals surface area contributed by atoms with Crippen LogP contribution in [0.3, 0.4) is 0 Å². The van der Waals surface area contributed by atoms with Gasteiger partial charge in [-0.05, 0) is 19.5 Å². The summed E-state index contributed by atoms with van der Waals surface area (Å²) in [5.74, 6) is 0. The first-order valence-electron chi connectivity index (χ1n) is 3.71. The predicted molar refractivity (Wildman–Crippen MR) is 40.1 cm³/mol. The third kappa shape index (κ3) is 2.82. The van der Waals surface area contributed by atoms with E-state index in [4.69, 9.17) is 5.73 Å². The Morgan fingerprint density at radius 1 is 1.22 bits per heavy atom. The van der Waals surface area contributed by atoms with Gasteiger partial charge in [0, 0.05) is 0 Å². The molecule has 0 rings (SSSR count). The molecule has 0 aromatic heterocycles. The number of nitrogens with one attached hydrogen (secondary N) is 1. The molecule has 0 aliphatic heterocycles. The minimum Gasteiger partial charge on any atom is -0.288 e. The number of rotatable bonds is 4. The Morgan fingerprint density at radius 2 is 1.67 bits per heavy atom. The number of hydrogen-bond donors (Lipinski definition) is 0. The fraction of sp³-hybridized carbons (Fsp3) is 1.00. The summed E-state index contributed by atoms with van der Waals surface area (Å²) in [5, 5.41) is 0. The topological polar surface area (TPSA) is 27.0 Å². The van der Waals surface area contributed by atoms with Crippen LogP contribution < -0.4 is 5.73 Å². The van der Waals surface area contributed by atoms with E-state index in [2.05, 4.69) is 25.7 Å². The molecule has 2 heteroatoms. The van der Waals surface area contributed by atoms with Crippen LogP contribution in [0, 0.1) is 0 Å². The zero-order valence-electron chi connectivity index (χ0n) is 6.65. The molecule has 0 saturated heterocycles. The minimum absolute atomic E-state index is 0.0139. The molecular weight excluding hydrogens is 112 g/mol. The van der Waals surface area contributed by atoms with E-state index in [0.29, 0.717) is 0 Å². The third-order valence-electron chi connectivity index (χ3n) is 1.64. The highest BCUT2D eigenvalue weighted by molar-refractivity contribution is 4.58. The van der Waals surface area contributed by atoms with Crippen LogP contribution in [0.4, 0.5) is 0 Å². The van der Waals surface area contributed by atoms with Gasteiger partial charge in [0.05, 0.1) is 6.17 Å². The Morgan fingerprint density at radius 3 is 1.78 bits per heavy atom. The van der Waals surface area contributed by atoms with Crippen molar-refractivity contribution in [3.8, 4) is 0 Å². The van der Waals surface area contributed by atoms with Crippen molar-refractivity contribution in [2.24, 2.45) is 0 Å². The van der Waals surface area contributed by atoms with E-state index in [9.17, 15) is 0 Å². The van der Waals surface area contributed by atoms with E-state index in [-0.39, 0.29) is 6.17 Å². The fourth-order valence-corrected chi connectivity index (χ4v) is 0.923. The lowest BCUT2D eigenvalue weighted by Gasteiger charge is -2.23. The summed E-state index contributed by atoms with van der Waals surface area (Å²) >= 11 is 0. The second kappa shape index (κ2) is 4.77. The Hall–Kier alpha value is -0.0800.